The van der Waals surface area contributed by atoms with E-state index in [0.29, 0.717) is 0 Å². The number of hydrogen-bond acceptors (Lipinski definition) is 5. The fourth-order valence-electron chi connectivity index (χ4n) is 1.66. The molecular formula is C12H17N5O. The van der Waals surface area contributed by atoms with E-state index in [-0.39, 0.29) is 0 Å². The van der Waals surface area contributed by atoms with Gasteiger partial charge in [0.1, 0.15) is 0 Å². The summed E-state index contributed by atoms with van der Waals surface area (Å²) >= 11 is 0. The van der Waals surface area contributed by atoms with Crippen LogP contribution in [-0.4, -0.2) is 33.6 Å². The number of nitrogens with zero attached hydrogens (tertiary/aromatic N) is 4. The van der Waals surface area contributed by atoms with Gasteiger partial charge in [0.2, 0.25) is 0 Å². The summed E-state index contributed by atoms with van der Waals surface area (Å²) in [6.45, 7) is 3.65. The second-order valence-corrected chi connectivity index (χ2v) is 3.97. The van der Waals surface area contributed by atoms with Crippen LogP contribution in [-0.2, 0) is 6.54 Å². The van der Waals surface area contributed by atoms with E-state index in [1.165, 1.54) is 0 Å². The third-order valence-corrected chi connectivity index (χ3v) is 2.58. The lowest BCUT2D eigenvalue weighted by Gasteiger charge is -2.11. The number of rotatable bonds is 6. The highest BCUT2D eigenvalue weighted by atomic mass is 16.5. The zero-order chi connectivity index (χ0) is 12.8. The normalized spacial score (nSPS) is 10.3. The number of nitrogens with one attached hydrogen (secondary N) is 1. The fourth-order valence-corrected chi connectivity index (χ4v) is 1.66. The molecule has 0 saturated heterocycles. The van der Waals surface area contributed by atoms with Gasteiger partial charge < -0.3 is 10.1 Å². The van der Waals surface area contributed by atoms with Crippen molar-refractivity contribution in [3.05, 3.63) is 30.4 Å². The molecule has 2 aromatic heterocycles. The van der Waals surface area contributed by atoms with Crippen molar-refractivity contribution in [3.63, 3.8) is 0 Å². The summed E-state index contributed by atoms with van der Waals surface area (Å²) in [5.74, 6) is 0.765. The van der Waals surface area contributed by atoms with Crippen molar-refractivity contribution in [1.82, 2.24) is 20.0 Å². The van der Waals surface area contributed by atoms with Gasteiger partial charge in [-0.15, -0.1) is 5.10 Å². The van der Waals surface area contributed by atoms with Crippen LogP contribution in [0.4, 0.5) is 5.69 Å². The maximum atomic E-state index is 5.25. The molecule has 2 aromatic rings. The van der Waals surface area contributed by atoms with Gasteiger partial charge in [-0.2, -0.15) is 0 Å². The lowest BCUT2D eigenvalue weighted by atomic mass is 10.3. The predicted octanol–water partition coefficient (Wildman–Crippen LogP) is 1.49. The Morgan fingerprint density at radius 1 is 1.44 bits per heavy atom. The number of ether oxygens (including phenoxy) is 1. The number of aryl methyl sites for hydroxylation is 2. The minimum Gasteiger partial charge on any atom is -0.493 e. The third kappa shape index (κ3) is 3.19. The lowest BCUT2D eigenvalue weighted by molar-refractivity contribution is 0.414. The van der Waals surface area contributed by atoms with Crippen LogP contribution < -0.4 is 10.1 Å². The minimum atomic E-state index is 0.765. The number of methoxy groups -OCH3 is 1. The van der Waals surface area contributed by atoms with Gasteiger partial charge in [0, 0.05) is 25.0 Å². The van der Waals surface area contributed by atoms with Crippen LogP contribution in [0.1, 0.15) is 12.1 Å². The Balaban J connectivity index is 1.84. The van der Waals surface area contributed by atoms with Crippen molar-refractivity contribution in [3.8, 4) is 5.75 Å². The van der Waals surface area contributed by atoms with Crippen molar-refractivity contribution < 1.29 is 4.74 Å². The van der Waals surface area contributed by atoms with Crippen molar-refractivity contribution >= 4 is 5.69 Å². The Labute approximate surface area is 106 Å². The maximum Gasteiger partial charge on any atom is 0.160 e. The molecule has 0 saturated carbocycles. The van der Waals surface area contributed by atoms with Gasteiger partial charge >= 0.3 is 0 Å². The minimum absolute atomic E-state index is 0.765. The molecule has 0 aliphatic heterocycles. The zero-order valence-electron chi connectivity index (χ0n) is 10.6. The topological polar surface area (TPSA) is 64.9 Å². The molecule has 0 atom stereocenters. The van der Waals surface area contributed by atoms with Crippen molar-refractivity contribution in [1.29, 1.82) is 0 Å². The molecule has 18 heavy (non-hydrogen) atoms. The van der Waals surface area contributed by atoms with Gasteiger partial charge in [-0.3, -0.25) is 9.67 Å². The summed E-state index contributed by atoms with van der Waals surface area (Å²) < 4.78 is 7.07. The summed E-state index contributed by atoms with van der Waals surface area (Å²) in [5.41, 5.74) is 1.94. The Hall–Kier alpha value is -2.11. The molecular weight excluding hydrogens is 230 g/mol. The molecule has 0 radical (unpaired) electrons. The first kappa shape index (κ1) is 12.3. The first-order valence-electron chi connectivity index (χ1n) is 5.88. The maximum absolute atomic E-state index is 5.25. The average molecular weight is 247 g/mol. The summed E-state index contributed by atoms with van der Waals surface area (Å²) in [6.07, 6.45) is 6.24. The standard InChI is InChI=1S/C12H17N5O/c1-10-8-11(12(18-2)9-14-10)13-4-3-6-17-7-5-15-16-17/h5,7-9H,3-4,6H2,1-2H3,(H,13,14). The number of hydrogen-bond donors (Lipinski definition) is 1. The van der Waals surface area contributed by atoms with E-state index in [1.807, 2.05) is 23.9 Å². The van der Waals surface area contributed by atoms with E-state index in [2.05, 4.69) is 20.6 Å². The van der Waals surface area contributed by atoms with Crippen molar-refractivity contribution in [2.45, 2.75) is 19.9 Å². The number of pyridine rings is 1. The molecule has 0 aromatic carbocycles. The second-order valence-electron chi connectivity index (χ2n) is 3.97. The Morgan fingerprint density at radius 3 is 3.06 bits per heavy atom. The van der Waals surface area contributed by atoms with E-state index in [0.717, 1.165) is 36.6 Å². The SMILES string of the molecule is COc1cnc(C)cc1NCCCn1ccnn1. The van der Waals surface area contributed by atoms with Crippen LogP contribution in [0.3, 0.4) is 0 Å². The van der Waals surface area contributed by atoms with E-state index in [4.69, 9.17) is 4.74 Å². The largest absolute Gasteiger partial charge is 0.493 e. The van der Waals surface area contributed by atoms with Gasteiger partial charge in [-0.25, -0.2) is 0 Å². The molecule has 0 aliphatic carbocycles. The highest BCUT2D eigenvalue weighted by Crippen LogP contribution is 2.23. The summed E-state index contributed by atoms with van der Waals surface area (Å²) in [4.78, 5) is 4.19. The van der Waals surface area contributed by atoms with Crippen LogP contribution in [0.5, 0.6) is 5.75 Å². The molecule has 1 N–H and O–H groups in total. The van der Waals surface area contributed by atoms with E-state index < -0.39 is 0 Å². The Bertz CT molecular complexity index is 483. The van der Waals surface area contributed by atoms with Crippen LogP contribution >= 0.6 is 0 Å². The molecule has 6 nitrogen and oxygen atoms in total. The Morgan fingerprint density at radius 2 is 2.33 bits per heavy atom. The predicted molar refractivity (Wildman–Crippen MR) is 68.7 cm³/mol. The quantitative estimate of drug-likeness (QED) is 0.783. The van der Waals surface area contributed by atoms with Crippen LogP contribution in [0.15, 0.2) is 24.7 Å². The average Bonchev–Trinajstić information content (AvgIpc) is 2.88. The van der Waals surface area contributed by atoms with Crippen LogP contribution in [0.25, 0.3) is 0 Å². The third-order valence-electron chi connectivity index (χ3n) is 2.58. The lowest BCUT2D eigenvalue weighted by Crippen LogP contribution is -2.08. The first-order valence-corrected chi connectivity index (χ1v) is 5.88. The van der Waals surface area contributed by atoms with E-state index in [1.54, 1.807) is 19.5 Å². The highest BCUT2D eigenvalue weighted by Gasteiger charge is 2.03. The summed E-state index contributed by atoms with van der Waals surface area (Å²) in [5, 5.41) is 11.0. The number of aromatic nitrogens is 4. The molecule has 0 aliphatic rings. The van der Waals surface area contributed by atoms with Gasteiger partial charge in [-0.1, -0.05) is 5.21 Å². The highest BCUT2D eigenvalue weighted by molar-refractivity contribution is 5.55. The molecule has 0 bridgehead atoms. The van der Waals surface area contributed by atoms with Crippen LogP contribution in [0.2, 0.25) is 0 Å². The Kier molecular flexibility index (Phi) is 4.11. The van der Waals surface area contributed by atoms with Gasteiger partial charge in [0.25, 0.3) is 0 Å². The van der Waals surface area contributed by atoms with Gasteiger partial charge in [0.05, 0.1) is 25.2 Å². The smallest absolute Gasteiger partial charge is 0.160 e. The van der Waals surface area contributed by atoms with E-state index in [9.17, 15) is 0 Å². The van der Waals surface area contributed by atoms with Crippen molar-refractivity contribution in [2.75, 3.05) is 19.0 Å². The fraction of sp³-hybridized carbons (Fsp3) is 0.417. The molecule has 0 amide bonds. The van der Waals surface area contributed by atoms with Gasteiger partial charge in [-0.05, 0) is 19.4 Å². The van der Waals surface area contributed by atoms with Crippen molar-refractivity contribution in [2.24, 2.45) is 0 Å². The molecule has 96 valence electrons. The molecule has 2 rings (SSSR count). The van der Waals surface area contributed by atoms with E-state index >= 15 is 0 Å². The summed E-state index contributed by atoms with van der Waals surface area (Å²) in [6, 6.07) is 1.98. The molecule has 0 fully saturated rings. The monoisotopic (exact) mass is 247 g/mol. The van der Waals surface area contributed by atoms with Gasteiger partial charge in [0.15, 0.2) is 5.75 Å². The second kappa shape index (κ2) is 6.00. The molecule has 0 spiro atoms. The van der Waals surface area contributed by atoms with Crippen LogP contribution in [0, 0.1) is 6.92 Å². The molecule has 2 heterocycles. The molecule has 0 unspecified atom stereocenters. The first-order chi connectivity index (χ1) is 8.79. The number of anilines is 1. The molecule has 6 heteroatoms. The zero-order valence-corrected chi connectivity index (χ0v) is 10.6. The summed E-state index contributed by atoms with van der Waals surface area (Å²) in [7, 11) is 1.65.